The summed E-state index contributed by atoms with van der Waals surface area (Å²) in [6.07, 6.45) is 0. The molecule has 0 fully saturated rings. The summed E-state index contributed by atoms with van der Waals surface area (Å²) in [5.41, 5.74) is 0.769. The molecule has 0 radical (unpaired) electrons. The van der Waals surface area contributed by atoms with Crippen LogP contribution in [0, 0.1) is 10.1 Å². The number of hydrogen-bond acceptors (Lipinski definition) is 4. The molecule has 1 rings (SSSR count). The van der Waals surface area contributed by atoms with E-state index >= 15 is 0 Å². The third kappa shape index (κ3) is 4.32. The molecule has 1 atom stereocenters. The highest BCUT2D eigenvalue weighted by Gasteiger charge is 2.13. The molecule has 1 N–H and O–H groups in total. The van der Waals surface area contributed by atoms with Gasteiger partial charge in [0.2, 0.25) is 0 Å². The second-order valence-corrected chi connectivity index (χ2v) is 4.48. The van der Waals surface area contributed by atoms with Crippen LogP contribution in [0.5, 0.6) is 0 Å². The number of benzene rings is 1. The van der Waals surface area contributed by atoms with E-state index in [0.717, 1.165) is 0 Å². The third-order valence-electron chi connectivity index (χ3n) is 2.13. The summed E-state index contributed by atoms with van der Waals surface area (Å²) in [6, 6.07) is 5.07. The normalized spacial score (nSPS) is 12.2. The maximum Gasteiger partial charge on any atom is 0.285 e. The van der Waals surface area contributed by atoms with E-state index in [-0.39, 0.29) is 11.7 Å². The van der Waals surface area contributed by atoms with Crippen molar-refractivity contribution in [2.45, 2.75) is 19.9 Å². The van der Waals surface area contributed by atoms with E-state index in [2.05, 4.69) is 21.2 Å². The molecule has 6 heteroatoms. The molecule has 0 amide bonds. The SMILES string of the molecule is CCOCC(C)Nc1ccc(Br)c([N+](=O)[O-])c1. The van der Waals surface area contributed by atoms with Crippen LogP contribution in [-0.2, 0) is 4.74 Å². The number of rotatable bonds is 6. The van der Waals surface area contributed by atoms with Gasteiger partial charge in [0.25, 0.3) is 5.69 Å². The zero-order valence-electron chi connectivity index (χ0n) is 9.77. The summed E-state index contributed by atoms with van der Waals surface area (Å²) < 4.78 is 5.74. The van der Waals surface area contributed by atoms with E-state index in [1.165, 1.54) is 6.07 Å². The van der Waals surface area contributed by atoms with Crippen molar-refractivity contribution >= 4 is 27.3 Å². The number of ether oxygens (including phenoxy) is 1. The Balaban J connectivity index is 2.72. The average molecular weight is 303 g/mol. The quantitative estimate of drug-likeness (QED) is 0.647. The molecule has 0 aromatic heterocycles. The smallest absolute Gasteiger partial charge is 0.285 e. The minimum absolute atomic E-state index is 0.0543. The van der Waals surface area contributed by atoms with E-state index in [9.17, 15) is 10.1 Å². The van der Waals surface area contributed by atoms with Crippen LogP contribution in [0.1, 0.15) is 13.8 Å². The van der Waals surface area contributed by atoms with E-state index < -0.39 is 4.92 Å². The number of nitrogens with one attached hydrogen (secondary N) is 1. The van der Waals surface area contributed by atoms with Gasteiger partial charge < -0.3 is 10.1 Å². The van der Waals surface area contributed by atoms with Crippen molar-refractivity contribution in [2.24, 2.45) is 0 Å². The Labute approximate surface area is 108 Å². The van der Waals surface area contributed by atoms with Crippen molar-refractivity contribution in [1.82, 2.24) is 0 Å². The Morgan fingerprint density at radius 2 is 2.29 bits per heavy atom. The lowest BCUT2D eigenvalue weighted by Gasteiger charge is -2.14. The monoisotopic (exact) mass is 302 g/mol. The van der Waals surface area contributed by atoms with Gasteiger partial charge in [-0.15, -0.1) is 0 Å². The minimum Gasteiger partial charge on any atom is -0.380 e. The Kier molecular flexibility index (Phi) is 5.37. The molecule has 17 heavy (non-hydrogen) atoms. The predicted octanol–water partition coefficient (Wildman–Crippen LogP) is 3.19. The lowest BCUT2D eigenvalue weighted by molar-refractivity contribution is -0.385. The minimum atomic E-state index is -0.414. The molecular weight excluding hydrogens is 288 g/mol. The zero-order valence-corrected chi connectivity index (χ0v) is 11.4. The average Bonchev–Trinajstić information content (AvgIpc) is 2.28. The summed E-state index contributed by atoms with van der Waals surface area (Å²) in [5, 5.41) is 13.9. The van der Waals surface area contributed by atoms with E-state index in [1.807, 2.05) is 13.8 Å². The molecule has 1 aromatic rings. The molecule has 1 aromatic carbocycles. The van der Waals surface area contributed by atoms with Crippen molar-refractivity contribution < 1.29 is 9.66 Å². The Bertz CT molecular complexity index is 398. The molecule has 94 valence electrons. The summed E-state index contributed by atoms with van der Waals surface area (Å²) in [6.45, 7) is 5.12. The highest BCUT2D eigenvalue weighted by atomic mass is 79.9. The van der Waals surface area contributed by atoms with Crippen LogP contribution in [0.4, 0.5) is 11.4 Å². The van der Waals surface area contributed by atoms with Gasteiger partial charge >= 0.3 is 0 Å². The summed E-state index contributed by atoms with van der Waals surface area (Å²) in [7, 11) is 0. The van der Waals surface area contributed by atoms with Crippen LogP contribution in [0.2, 0.25) is 0 Å². The summed E-state index contributed by atoms with van der Waals surface area (Å²) in [5.74, 6) is 0. The first-order chi connectivity index (χ1) is 8.04. The fourth-order valence-corrected chi connectivity index (χ4v) is 1.75. The fraction of sp³-hybridized carbons (Fsp3) is 0.455. The Hall–Kier alpha value is -1.14. The van der Waals surface area contributed by atoms with Crippen LogP contribution < -0.4 is 5.32 Å². The van der Waals surface area contributed by atoms with Gasteiger partial charge in [0.1, 0.15) is 0 Å². The van der Waals surface area contributed by atoms with Crippen LogP contribution in [-0.4, -0.2) is 24.2 Å². The maximum absolute atomic E-state index is 10.8. The first-order valence-electron chi connectivity index (χ1n) is 5.32. The summed E-state index contributed by atoms with van der Waals surface area (Å²) in [4.78, 5) is 10.3. The lowest BCUT2D eigenvalue weighted by atomic mass is 10.2. The molecular formula is C11H15BrN2O3. The Morgan fingerprint density at radius 3 is 2.88 bits per heavy atom. The standard InChI is InChI=1S/C11H15BrN2O3/c1-3-17-7-8(2)13-9-4-5-10(12)11(6-9)14(15)16/h4-6,8,13H,3,7H2,1-2H3. The van der Waals surface area contributed by atoms with E-state index in [0.29, 0.717) is 23.4 Å². The molecule has 1 unspecified atom stereocenters. The largest absolute Gasteiger partial charge is 0.380 e. The number of hydrogen-bond donors (Lipinski definition) is 1. The van der Waals surface area contributed by atoms with Crippen molar-refractivity contribution in [2.75, 3.05) is 18.5 Å². The van der Waals surface area contributed by atoms with Gasteiger partial charge in [-0.3, -0.25) is 10.1 Å². The molecule has 0 heterocycles. The molecule has 0 aliphatic rings. The van der Waals surface area contributed by atoms with Gasteiger partial charge in [-0.05, 0) is 41.9 Å². The van der Waals surface area contributed by atoms with Crippen molar-refractivity contribution in [3.05, 3.63) is 32.8 Å². The predicted molar refractivity (Wildman–Crippen MR) is 70.4 cm³/mol. The van der Waals surface area contributed by atoms with Crippen LogP contribution in [0.3, 0.4) is 0 Å². The van der Waals surface area contributed by atoms with Gasteiger partial charge in [-0.1, -0.05) is 0 Å². The number of nitro benzene ring substituents is 1. The van der Waals surface area contributed by atoms with Crippen molar-refractivity contribution in [1.29, 1.82) is 0 Å². The third-order valence-corrected chi connectivity index (χ3v) is 2.80. The molecule has 0 saturated carbocycles. The van der Waals surface area contributed by atoms with Crippen molar-refractivity contribution in [3.63, 3.8) is 0 Å². The number of anilines is 1. The first-order valence-corrected chi connectivity index (χ1v) is 6.12. The number of nitro groups is 1. The summed E-state index contributed by atoms with van der Waals surface area (Å²) >= 11 is 3.15. The number of nitrogens with zero attached hydrogens (tertiary/aromatic N) is 1. The molecule has 0 spiro atoms. The zero-order chi connectivity index (χ0) is 12.8. The van der Waals surface area contributed by atoms with E-state index in [4.69, 9.17) is 4.74 Å². The second kappa shape index (κ2) is 6.56. The number of halogens is 1. The topological polar surface area (TPSA) is 64.4 Å². The first kappa shape index (κ1) is 13.9. The molecule has 0 aliphatic carbocycles. The maximum atomic E-state index is 10.8. The molecule has 0 aliphatic heterocycles. The van der Waals surface area contributed by atoms with Crippen LogP contribution in [0.25, 0.3) is 0 Å². The van der Waals surface area contributed by atoms with Gasteiger partial charge in [0.15, 0.2) is 0 Å². The highest BCUT2D eigenvalue weighted by Crippen LogP contribution is 2.27. The Morgan fingerprint density at radius 1 is 1.59 bits per heavy atom. The van der Waals surface area contributed by atoms with Gasteiger partial charge in [0, 0.05) is 24.4 Å². The lowest BCUT2D eigenvalue weighted by Crippen LogP contribution is -2.21. The van der Waals surface area contributed by atoms with Crippen molar-refractivity contribution in [3.8, 4) is 0 Å². The fourth-order valence-electron chi connectivity index (χ4n) is 1.36. The molecule has 0 saturated heterocycles. The van der Waals surface area contributed by atoms with Gasteiger partial charge in [-0.25, -0.2) is 0 Å². The van der Waals surface area contributed by atoms with Crippen LogP contribution in [0.15, 0.2) is 22.7 Å². The van der Waals surface area contributed by atoms with E-state index in [1.54, 1.807) is 12.1 Å². The van der Waals surface area contributed by atoms with Gasteiger partial charge in [0.05, 0.1) is 16.0 Å². The molecule has 5 nitrogen and oxygen atoms in total. The van der Waals surface area contributed by atoms with Crippen LogP contribution >= 0.6 is 15.9 Å². The second-order valence-electron chi connectivity index (χ2n) is 3.63. The van der Waals surface area contributed by atoms with Gasteiger partial charge in [-0.2, -0.15) is 0 Å². The molecule has 0 bridgehead atoms. The highest BCUT2D eigenvalue weighted by molar-refractivity contribution is 9.10.